The Morgan fingerprint density at radius 2 is 2.18 bits per heavy atom. The Hall–Kier alpha value is -2.12. The molecule has 6 nitrogen and oxygen atoms in total. The summed E-state index contributed by atoms with van der Waals surface area (Å²) >= 11 is 1.38. The van der Waals surface area contributed by atoms with E-state index in [4.69, 9.17) is 15.2 Å². The summed E-state index contributed by atoms with van der Waals surface area (Å²) in [6.07, 6.45) is 0. The highest BCUT2D eigenvalue weighted by atomic mass is 32.1. The highest BCUT2D eigenvalue weighted by Gasteiger charge is 2.15. The minimum atomic E-state index is -0.235. The molecule has 1 amide bonds. The molecule has 0 aliphatic carbocycles. The topological polar surface area (TPSA) is 86.5 Å². The van der Waals surface area contributed by atoms with Crippen LogP contribution in [0.2, 0.25) is 0 Å². The number of carbonyl (C=O) groups is 1. The lowest BCUT2D eigenvalue weighted by Crippen LogP contribution is -2.26. The van der Waals surface area contributed by atoms with Crippen molar-refractivity contribution >= 4 is 22.4 Å². The third-order valence-corrected chi connectivity index (χ3v) is 4.13. The largest absolute Gasteiger partial charge is 0.486 e. The zero-order valence-corrected chi connectivity index (χ0v) is 13.0. The van der Waals surface area contributed by atoms with E-state index in [1.807, 2.05) is 23.6 Å². The van der Waals surface area contributed by atoms with E-state index in [0.717, 1.165) is 22.8 Å². The number of nitrogens with one attached hydrogen (secondary N) is 1. The molecule has 1 atom stereocenters. The van der Waals surface area contributed by atoms with Crippen molar-refractivity contribution in [1.29, 1.82) is 0 Å². The van der Waals surface area contributed by atoms with Gasteiger partial charge in [0.1, 0.15) is 13.2 Å². The van der Waals surface area contributed by atoms with Gasteiger partial charge in [-0.3, -0.25) is 4.79 Å². The van der Waals surface area contributed by atoms with E-state index in [-0.39, 0.29) is 11.8 Å². The SMILES string of the molecule is CC(CN)C(=O)Nc1nc(-c2ccc3c(c2)OCCO3)cs1. The number of fused-ring (bicyclic) bond motifs is 1. The quantitative estimate of drug-likeness (QED) is 0.901. The lowest BCUT2D eigenvalue weighted by atomic mass is 10.1. The highest BCUT2D eigenvalue weighted by Crippen LogP contribution is 2.35. The molecule has 2 heterocycles. The molecule has 3 rings (SSSR count). The summed E-state index contributed by atoms with van der Waals surface area (Å²) in [5.41, 5.74) is 7.20. The first kappa shape index (κ1) is 14.8. The van der Waals surface area contributed by atoms with Crippen LogP contribution in [-0.4, -0.2) is 30.6 Å². The maximum atomic E-state index is 11.8. The minimum absolute atomic E-state index is 0.120. The van der Waals surface area contributed by atoms with E-state index >= 15 is 0 Å². The van der Waals surface area contributed by atoms with Gasteiger partial charge in [0.2, 0.25) is 5.91 Å². The van der Waals surface area contributed by atoms with Crippen LogP contribution in [0.1, 0.15) is 6.92 Å². The second-order valence-corrected chi connectivity index (χ2v) is 5.88. The Labute approximate surface area is 132 Å². The molecule has 1 aliphatic heterocycles. The molecular weight excluding hydrogens is 302 g/mol. The van der Waals surface area contributed by atoms with Gasteiger partial charge in [0.15, 0.2) is 16.6 Å². The molecule has 0 radical (unpaired) electrons. The minimum Gasteiger partial charge on any atom is -0.486 e. The van der Waals surface area contributed by atoms with Crippen molar-refractivity contribution in [3.63, 3.8) is 0 Å². The predicted molar refractivity (Wildman–Crippen MR) is 85.4 cm³/mol. The molecule has 22 heavy (non-hydrogen) atoms. The number of anilines is 1. The van der Waals surface area contributed by atoms with Crippen LogP contribution in [0.3, 0.4) is 0 Å². The van der Waals surface area contributed by atoms with Gasteiger partial charge in [-0.15, -0.1) is 11.3 Å². The van der Waals surface area contributed by atoms with Crippen LogP contribution >= 0.6 is 11.3 Å². The fraction of sp³-hybridized carbons (Fsp3) is 0.333. The van der Waals surface area contributed by atoms with Gasteiger partial charge in [0, 0.05) is 23.4 Å². The normalized spacial score (nSPS) is 14.5. The van der Waals surface area contributed by atoms with E-state index in [1.165, 1.54) is 11.3 Å². The van der Waals surface area contributed by atoms with E-state index in [0.29, 0.717) is 24.9 Å². The molecule has 1 aliphatic rings. The lowest BCUT2D eigenvalue weighted by molar-refractivity contribution is -0.119. The number of nitrogens with two attached hydrogens (primary N) is 1. The summed E-state index contributed by atoms with van der Waals surface area (Å²) in [6, 6.07) is 5.70. The summed E-state index contributed by atoms with van der Waals surface area (Å²) in [7, 11) is 0. The standard InChI is InChI=1S/C15H17N3O3S/c1-9(7-16)14(19)18-15-17-11(8-22-15)10-2-3-12-13(6-10)21-5-4-20-12/h2-3,6,8-9H,4-5,7,16H2,1H3,(H,17,18,19). The Bertz CT molecular complexity index is 686. The Kier molecular flexibility index (Phi) is 4.26. The highest BCUT2D eigenvalue weighted by molar-refractivity contribution is 7.14. The van der Waals surface area contributed by atoms with Gasteiger partial charge in [0.05, 0.1) is 5.69 Å². The van der Waals surface area contributed by atoms with Crippen LogP contribution in [0.15, 0.2) is 23.6 Å². The van der Waals surface area contributed by atoms with Crippen LogP contribution in [0, 0.1) is 5.92 Å². The number of amides is 1. The van der Waals surface area contributed by atoms with Crippen LogP contribution in [0.4, 0.5) is 5.13 Å². The number of aromatic nitrogens is 1. The molecule has 0 saturated carbocycles. The average molecular weight is 319 g/mol. The van der Waals surface area contributed by atoms with Crippen LogP contribution < -0.4 is 20.5 Å². The molecule has 0 saturated heterocycles. The van der Waals surface area contributed by atoms with Crippen molar-refractivity contribution < 1.29 is 14.3 Å². The van der Waals surface area contributed by atoms with Crippen molar-refractivity contribution in [2.75, 3.05) is 25.1 Å². The van der Waals surface area contributed by atoms with Crippen LogP contribution in [0.5, 0.6) is 11.5 Å². The predicted octanol–water partition coefficient (Wildman–Crippen LogP) is 2.11. The van der Waals surface area contributed by atoms with Crippen LogP contribution in [-0.2, 0) is 4.79 Å². The molecular formula is C15H17N3O3S. The zero-order chi connectivity index (χ0) is 15.5. The maximum Gasteiger partial charge on any atom is 0.230 e. The molecule has 1 unspecified atom stereocenters. The molecule has 3 N–H and O–H groups in total. The molecule has 0 spiro atoms. The first-order valence-electron chi connectivity index (χ1n) is 7.04. The van der Waals surface area contributed by atoms with Gasteiger partial charge in [-0.1, -0.05) is 6.92 Å². The fourth-order valence-corrected chi connectivity index (χ4v) is 2.72. The summed E-state index contributed by atoms with van der Waals surface area (Å²) in [5, 5.41) is 5.24. The summed E-state index contributed by atoms with van der Waals surface area (Å²) in [4.78, 5) is 16.3. The molecule has 0 bridgehead atoms. The first-order chi connectivity index (χ1) is 10.7. The zero-order valence-electron chi connectivity index (χ0n) is 12.2. The van der Waals surface area contributed by atoms with Crippen molar-refractivity contribution in [1.82, 2.24) is 4.98 Å². The summed E-state index contributed by atoms with van der Waals surface area (Å²) < 4.78 is 11.1. The Morgan fingerprint density at radius 1 is 1.41 bits per heavy atom. The second kappa shape index (κ2) is 6.33. The van der Waals surface area contributed by atoms with Crippen molar-refractivity contribution in [3.05, 3.63) is 23.6 Å². The van der Waals surface area contributed by atoms with E-state index < -0.39 is 0 Å². The number of thiazole rings is 1. The number of ether oxygens (including phenoxy) is 2. The van der Waals surface area contributed by atoms with Crippen LogP contribution in [0.25, 0.3) is 11.3 Å². The van der Waals surface area contributed by atoms with E-state index in [9.17, 15) is 4.79 Å². The second-order valence-electron chi connectivity index (χ2n) is 5.02. The van der Waals surface area contributed by atoms with Gasteiger partial charge >= 0.3 is 0 Å². The first-order valence-corrected chi connectivity index (χ1v) is 7.92. The maximum absolute atomic E-state index is 11.8. The van der Waals surface area contributed by atoms with Crippen molar-refractivity contribution in [2.45, 2.75) is 6.92 Å². The summed E-state index contributed by atoms with van der Waals surface area (Å²) in [6.45, 7) is 3.21. The van der Waals surface area contributed by atoms with Gasteiger partial charge in [-0.25, -0.2) is 4.98 Å². The van der Waals surface area contributed by atoms with E-state index in [1.54, 1.807) is 6.92 Å². The smallest absolute Gasteiger partial charge is 0.230 e. The number of rotatable bonds is 4. The van der Waals surface area contributed by atoms with Crippen molar-refractivity contribution in [3.8, 4) is 22.8 Å². The number of benzene rings is 1. The average Bonchev–Trinajstić information content (AvgIpc) is 3.02. The molecule has 2 aromatic rings. The lowest BCUT2D eigenvalue weighted by Gasteiger charge is -2.18. The van der Waals surface area contributed by atoms with Gasteiger partial charge in [-0.2, -0.15) is 0 Å². The number of hydrogen-bond donors (Lipinski definition) is 2. The molecule has 1 aromatic heterocycles. The van der Waals surface area contributed by atoms with Crippen molar-refractivity contribution in [2.24, 2.45) is 11.7 Å². The molecule has 0 fully saturated rings. The third-order valence-electron chi connectivity index (χ3n) is 3.37. The third kappa shape index (κ3) is 3.05. The Morgan fingerprint density at radius 3 is 2.95 bits per heavy atom. The summed E-state index contributed by atoms with van der Waals surface area (Å²) in [5.74, 6) is 1.11. The Balaban J connectivity index is 1.77. The van der Waals surface area contributed by atoms with Gasteiger partial charge in [0.25, 0.3) is 0 Å². The molecule has 1 aromatic carbocycles. The van der Waals surface area contributed by atoms with Gasteiger partial charge in [-0.05, 0) is 18.2 Å². The van der Waals surface area contributed by atoms with E-state index in [2.05, 4.69) is 10.3 Å². The van der Waals surface area contributed by atoms with Gasteiger partial charge < -0.3 is 20.5 Å². The molecule has 7 heteroatoms. The number of nitrogens with zero attached hydrogens (tertiary/aromatic N) is 1. The fourth-order valence-electron chi connectivity index (χ4n) is 2.00. The number of hydrogen-bond acceptors (Lipinski definition) is 6. The number of carbonyl (C=O) groups excluding carboxylic acids is 1. The monoisotopic (exact) mass is 319 g/mol. The molecule has 116 valence electrons.